The summed E-state index contributed by atoms with van der Waals surface area (Å²) >= 11 is 6.07. The quantitative estimate of drug-likeness (QED) is 0.855. The van der Waals surface area contributed by atoms with Crippen molar-refractivity contribution in [3.63, 3.8) is 0 Å². The van der Waals surface area contributed by atoms with Gasteiger partial charge in [0.05, 0.1) is 6.42 Å². The van der Waals surface area contributed by atoms with E-state index < -0.39 is 5.97 Å². The molecular formula is C18H21ClN2O4. The van der Waals surface area contributed by atoms with Crippen molar-refractivity contribution in [3.8, 4) is 0 Å². The molecule has 3 rings (SSSR count). The Labute approximate surface area is 150 Å². The van der Waals surface area contributed by atoms with Crippen LogP contribution in [0.15, 0.2) is 30.5 Å². The number of aliphatic carboxylic acids is 1. The highest BCUT2D eigenvalue weighted by atomic mass is 35.5. The van der Waals surface area contributed by atoms with Gasteiger partial charge in [-0.15, -0.1) is 0 Å². The van der Waals surface area contributed by atoms with Crippen LogP contribution in [0.25, 0.3) is 10.9 Å². The Balaban J connectivity index is 1.78. The zero-order valence-corrected chi connectivity index (χ0v) is 14.6. The molecule has 2 aromatic rings. The average molecular weight is 365 g/mol. The third-order valence-electron chi connectivity index (χ3n) is 4.56. The molecular weight excluding hydrogens is 344 g/mol. The smallest absolute Gasteiger partial charge is 0.305 e. The van der Waals surface area contributed by atoms with E-state index in [1.807, 2.05) is 35.0 Å². The standard InChI is InChI=1S/C18H21ClN2O4/c19-14-2-1-13-3-7-20(16(13)11-14)12-17(22)21(8-4-18(23)24)15-5-9-25-10-6-15/h1-3,7,11,15H,4-6,8-10,12H2,(H,23,24). The van der Waals surface area contributed by atoms with Gasteiger partial charge >= 0.3 is 5.97 Å². The molecule has 134 valence electrons. The summed E-state index contributed by atoms with van der Waals surface area (Å²) in [5, 5.41) is 10.6. The maximum absolute atomic E-state index is 12.9. The highest BCUT2D eigenvalue weighted by Gasteiger charge is 2.26. The number of fused-ring (bicyclic) bond motifs is 1. The van der Waals surface area contributed by atoms with Crippen LogP contribution in [-0.4, -0.2) is 52.3 Å². The molecule has 0 aliphatic carbocycles. The van der Waals surface area contributed by atoms with Crippen molar-refractivity contribution in [2.75, 3.05) is 19.8 Å². The second-order valence-electron chi connectivity index (χ2n) is 6.22. The molecule has 1 N–H and O–H groups in total. The molecule has 1 saturated heterocycles. The summed E-state index contributed by atoms with van der Waals surface area (Å²) in [4.78, 5) is 25.5. The van der Waals surface area contributed by atoms with E-state index in [-0.39, 0.29) is 31.5 Å². The van der Waals surface area contributed by atoms with Crippen LogP contribution >= 0.6 is 11.6 Å². The van der Waals surface area contributed by atoms with E-state index in [9.17, 15) is 9.59 Å². The zero-order valence-electron chi connectivity index (χ0n) is 13.9. The fourth-order valence-corrected chi connectivity index (χ4v) is 3.42. The molecule has 1 aliphatic heterocycles. The van der Waals surface area contributed by atoms with Gasteiger partial charge in [-0.25, -0.2) is 0 Å². The number of carboxylic acid groups (broad SMARTS) is 1. The summed E-state index contributed by atoms with van der Waals surface area (Å²) in [7, 11) is 0. The van der Waals surface area contributed by atoms with Crippen LogP contribution in [0.3, 0.4) is 0 Å². The molecule has 0 radical (unpaired) electrons. The second-order valence-corrected chi connectivity index (χ2v) is 6.66. The second kappa shape index (κ2) is 7.89. The fraction of sp³-hybridized carbons (Fsp3) is 0.444. The van der Waals surface area contributed by atoms with Crippen LogP contribution in [0, 0.1) is 0 Å². The van der Waals surface area contributed by atoms with E-state index in [0.29, 0.717) is 18.2 Å². The molecule has 7 heteroatoms. The summed E-state index contributed by atoms with van der Waals surface area (Å²) in [6.07, 6.45) is 3.28. The number of rotatable bonds is 6. The Kier molecular flexibility index (Phi) is 5.60. The molecule has 1 aliphatic rings. The number of hydrogen-bond donors (Lipinski definition) is 1. The van der Waals surface area contributed by atoms with E-state index in [4.69, 9.17) is 21.4 Å². The zero-order chi connectivity index (χ0) is 17.8. The summed E-state index contributed by atoms with van der Waals surface area (Å²) in [6, 6.07) is 7.54. The predicted octanol–water partition coefficient (Wildman–Crippen LogP) is 2.78. The number of hydrogen-bond acceptors (Lipinski definition) is 3. The maximum Gasteiger partial charge on any atom is 0.305 e. The number of carboxylic acids is 1. The van der Waals surface area contributed by atoms with Gasteiger partial charge in [0.25, 0.3) is 0 Å². The van der Waals surface area contributed by atoms with Crippen molar-refractivity contribution in [1.29, 1.82) is 0 Å². The highest BCUT2D eigenvalue weighted by Crippen LogP contribution is 2.22. The van der Waals surface area contributed by atoms with Crippen LogP contribution in [-0.2, 0) is 20.9 Å². The van der Waals surface area contributed by atoms with Gasteiger partial charge in [0, 0.05) is 42.5 Å². The summed E-state index contributed by atoms with van der Waals surface area (Å²) in [5.41, 5.74) is 0.894. The first-order valence-corrected chi connectivity index (χ1v) is 8.76. The first-order valence-electron chi connectivity index (χ1n) is 8.38. The topological polar surface area (TPSA) is 71.8 Å². The minimum atomic E-state index is -0.900. The monoisotopic (exact) mass is 364 g/mol. The number of benzene rings is 1. The summed E-state index contributed by atoms with van der Waals surface area (Å²) in [5.74, 6) is -0.978. The molecule has 1 aromatic carbocycles. The molecule has 0 bridgehead atoms. The molecule has 0 atom stereocenters. The van der Waals surface area contributed by atoms with Crippen molar-refractivity contribution in [2.24, 2.45) is 0 Å². The Morgan fingerprint density at radius 1 is 1.28 bits per heavy atom. The van der Waals surface area contributed by atoms with Crippen LogP contribution in [0.4, 0.5) is 0 Å². The largest absolute Gasteiger partial charge is 0.481 e. The van der Waals surface area contributed by atoms with Crippen LogP contribution in [0.1, 0.15) is 19.3 Å². The van der Waals surface area contributed by atoms with Crippen molar-refractivity contribution in [3.05, 3.63) is 35.5 Å². The third kappa shape index (κ3) is 4.32. The van der Waals surface area contributed by atoms with E-state index in [1.54, 1.807) is 4.90 Å². The lowest BCUT2D eigenvalue weighted by Gasteiger charge is -2.34. The first-order chi connectivity index (χ1) is 12.0. The van der Waals surface area contributed by atoms with Crippen molar-refractivity contribution < 1.29 is 19.4 Å². The van der Waals surface area contributed by atoms with Crippen LogP contribution < -0.4 is 0 Å². The summed E-state index contributed by atoms with van der Waals surface area (Å²) in [6.45, 7) is 1.59. The first kappa shape index (κ1) is 17.8. The van der Waals surface area contributed by atoms with Gasteiger partial charge < -0.3 is 19.3 Å². The van der Waals surface area contributed by atoms with E-state index in [2.05, 4.69) is 0 Å². The van der Waals surface area contributed by atoms with Gasteiger partial charge in [0.15, 0.2) is 0 Å². The SMILES string of the molecule is O=C(O)CCN(C(=O)Cn1ccc2ccc(Cl)cc21)C1CCOCC1. The number of carbonyl (C=O) groups excluding carboxylic acids is 1. The number of ether oxygens (including phenoxy) is 1. The molecule has 1 amide bonds. The molecule has 0 unspecified atom stereocenters. The molecule has 25 heavy (non-hydrogen) atoms. The number of halogens is 1. The number of carbonyl (C=O) groups is 2. The van der Waals surface area contributed by atoms with Crippen molar-refractivity contribution in [1.82, 2.24) is 9.47 Å². The Bertz CT molecular complexity index is 768. The Morgan fingerprint density at radius 3 is 2.76 bits per heavy atom. The average Bonchev–Trinajstić information content (AvgIpc) is 2.98. The molecule has 6 nitrogen and oxygen atoms in total. The molecule has 0 spiro atoms. The minimum absolute atomic E-state index is 0.0333. The van der Waals surface area contributed by atoms with E-state index >= 15 is 0 Å². The fourth-order valence-electron chi connectivity index (χ4n) is 3.26. The van der Waals surface area contributed by atoms with Gasteiger partial charge in [-0.2, -0.15) is 0 Å². The molecule has 2 heterocycles. The van der Waals surface area contributed by atoms with Gasteiger partial charge in [-0.3, -0.25) is 9.59 Å². The lowest BCUT2D eigenvalue weighted by Crippen LogP contribution is -2.45. The molecule has 1 fully saturated rings. The summed E-state index contributed by atoms with van der Waals surface area (Å²) < 4.78 is 7.22. The normalized spacial score (nSPS) is 15.4. The lowest BCUT2D eigenvalue weighted by molar-refractivity contribution is -0.140. The van der Waals surface area contributed by atoms with Gasteiger partial charge in [-0.05, 0) is 36.4 Å². The van der Waals surface area contributed by atoms with Crippen LogP contribution in [0.2, 0.25) is 5.02 Å². The van der Waals surface area contributed by atoms with Gasteiger partial charge in [-0.1, -0.05) is 17.7 Å². The number of aromatic nitrogens is 1. The van der Waals surface area contributed by atoms with Gasteiger partial charge in [0.1, 0.15) is 6.54 Å². The van der Waals surface area contributed by atoms with Crippen molar-refractivity contribution >= 4 is 34.4 Å². The van der Waals surface area contributed by atoms with Crippen LogP contribution in [0.5, 0.6) is 0 Å². The Morgan fingerprint density at radius 2 is 2.04 bits per heavy atom. The maximum atomic E-state index is 12.9. The van der Waals surface area contributed by atoms with Gasteiger partial charge in [0.2, 0.25) is 5.91 Å². The highest BCUT2D eigenvalue weighted by molar-refractivity contribution is 6.31. The molecule has 0 saturated carbocycles. The molecule has 1 aromatic heterocycles. The number of nitrogens with zero attached hydrogens (tertiary/aromatic N) is 2. The third-order valence-corrected chi connectivity index (χ3v) is 4.80. The van der Waals surface area contributed by atoms with E-state index in [0.717, 1.165) is 23.7 Å². The number of amides is 1. The predicted molar refractivity (Wildman–Crippen MR) is 94.8 cm³/mol. The minimum Gasteiger partial charge on any atom is -0.481 e. The van der Waals surface area contributed by atoms with Crippen molar-refractivity contribution in [2.45, 2.75) is 31.8 Å². The lowest BCUT2D eigenvalue weighted by atomic mass is 10.1. The Hall–Kier alpha value is -2.05. The van der Waals surface area contributed by atoms with E-state index in [1.165, 1.54) is 0 Å².